The average Bonchev–Trinajstić information content (AvgIpc) is 3.00. The summed E-state index contributed by atoms with van der Waals surface area (Å²) in [5.41, 5.74) is 1.08. The Morgan fingerprint density at radius 3 is 2.60 bits per heavy atom. The summed E-state index contributed by atoms with van der Waals surface area (Å²) in [6, 6.07) is 5.53. The zero-order valence-corrected chi connectivity index (χ0v) is 16.9. The Bertz CT molecular complexity index is 946. The van der Waals surface area contributed by atoms with Crippen LogP contribution in [-0.2, 0) is 11.3 Å². The molecule has 0 aliphatic heterocycles. The lowest BCUT2D eigenvalue weighted by Gasteiger charge is -2.17. The van der Waals surface area contributed by atoms with E-state index in [9.17, 15) is 18.0 Å². The first-order chi connectivity index (χ1) is 14.0. The van der Waals surface area contributed by atoms with Crippen molar-refractivity contribution in [2.75, 3.05) is 6.61 Å². The minimum atomic E-state index is -4.81. The van der Waals surface area contributed by atoms with Gasteiger partial charge in [0, 0.05) is 22.9 Å². The van der Waals surface area contributed by atoms with Gasteiger partial charge in [0.1, 0.15) is 17.3 Å². The van der Waals surface area contributed by atoms with Gasteiger partial charge in [0.2, 0.25) is 0 Å². The molecule has 0 radical (unpaired) electrons. The first-order valence-electron chi connectivity index (χ1n) is 9.09. The summed E-state index contributed by atoms with van der Waals surface area (Å²) in [7, 11) is 0. The highest BCUT2D eigenvalue weighted by molar-refractivity contribution is 5.92. The smallest absolute Gasteiger partial charge is 0.493 e. The van der Waals surface area contributed by atoms with Gasteiger partial charge in [-0.2, -0.15) is 0 Å². The van der Waals surface area contributed by atoms with Gasteiger partial charge < -0.3 is 19.1 Å². The second-order valence-electron chi connectivity index (χ2n) is 7.04. The SMILES string of the molecule is C=Nc1c(/C=C(\C)C(=O)O)ccn1Cc1cc(OC(F)(F)F)ccc1OCC(C)C. The van der Waals surface area contributed by atoms with Crippen LogP contribution in [0.2, 0.25) is 0 Å². The van der Waals surface area contributed by atoms with E-state index >= 15 is 0 Å². The minimum absolute atomic E-state index is 0.110. The average molecular weight is 424 g/mol. The van der Waals surface area contributed by atoms with Crippen LogP contribution in [0.4, 0.5) is 19.0 Å². The molecular formula is C21H23F3N2O4. The molecule has 2 rings (SSSR count). The maximum Gasteiger partial charge on any atom is 0.573 e. The lowest BCUT2D eigenvalue weighted by molar-refractivity contribution is -0.274. The van der Waals surface area contributed by atoms with Crippen LogP contribution in [0.1, 0.15) is 31.9 Å². The van der Waals surface area contributed by atoms with Crippen molar-refractivity contribution < 1.29 is 32.5 Å². The monoisotopic (exact) mass is 424 g/mol. The summed E-state index contributed by atoms with van der Waals surface area (Å²) >= 11 is 0. The molecule has 2 aromatic rings. The molecule has 9 heteroatoms. The van der Waals surface area contributed by atoms with Gasteiger partial charge in [-0.25, -0.2) is 9.79 Å². The van der Waals surface area contributed by atoms with E-state index in [4.69, 9.17) is 9.84 Å². The fourth-order valence-corrected chi connectivity index (χ4v) is 2.66. The van der Waals surface area contributed by atoms with E-state index in [1.165, 1.54) is 31.2 Å². The number of carboxylic acid groups (broad SMARTS) is 1. The van der Waals surface area contributed by atoms with Crippen LogP contribution in [0.3, 0.4) is 0 Å². The number of nitrogens with zero attached hydrogens (tertiary/aromatic N) is 2. The summed E-state index contributed by atoms with van der Waals surface area (Å²) in [5, 5.41) is 9.07. The maximum absolute atomic E-state index is 12.6. The van der Waals surface area contributed by atoms with Crippen molar-refractivity contribution in [2.45, 2.75) is 33.7 Å². The highest BCUT2D eigenvalue weighted by Gasteiger charge is 2.31. The lowest BCUT2D eigenvalue weighted by atomic mass is 10.1. The summed E-state index contributed by atoms with van der Waals surface area (Å²) in [6.07, 6.45) is -1.72. The molecule has 162 valence electrons. The van der Waals surface area contributed by atoms with Crippen molar-refractivity contribution in [2.24, 2.45) is 10.9 Å². The van der Waals surface area contributed by atoms with Gasteiger partial charge in [-0.3, -0.25) is 0 Å². The molecule has 0 amide bonds. The lowest BCUT2D eigenvalue weighted by Crippen LogP contribution is -2.17. The van der Waals surface area contributed by atoms with Crippen molar-refractivity contribution in [3.8, 4) is 11.5 Å². The zero-order chi connectivity index (χ0) is 22.5. The Morgan fingerprint density at radius 2 is 2.03 bits per heavy atom. The third-order valence-electron chi connectivity index (χ3n) is 4.00. The van der Waals surface area contributed by atoms with Gasteiger partial charge >= 0.3 is 12.3 Å². The summed E-state index contributed by atoms with van der Waals surface area (Å²) < 4.78 is 49.3. The van der Waals surface area contributed by atoms with Gasteiger partial charge in [0.25, 0.3) is 0 Å². The number of alkyl halides is 3. The Labute approximate surface area is 172 Å². The van der Waals surface area contributed by atoms with Crippen LogP contribution in [0, 0.1) is 5.92 Å². The van der Waals surface area contributed by atoms with Crippen LogP contribution >= 0.6 is 0 Å². The quantitative estimate of drug-likeness (QED) is 0.439. The van der Waals surface area contributed by atoms with E-state index in [0.717, 1.165) is 0 Å². The van der Waals surface area contributed by atoms with Crippen molar-refractivity contribution in [1.82, 2.24) is 4.57 Å². The van der Waals surface area contributed by atoms with E-state index in [0.29, 0.717) is 29.3 Å². The first-order valence-corrected chi connectivity index (χ1v) is 9.09. The molecule has 1 aromatic carbocycles. The van der Waals surface area contributed by atoms with E-state index in [1.54, 1.807) is 16.8 Å². The van der Waals surface area contributed by atoms with Gasteiger partial charge in [0.05, 0.1) is 13.2 Å². The van der Waals surface area contributed by atoms with E-state index < -0.39 is 12.3 Å². The fourth-order valence-electron chi connectivity index (χ4n) is 2.66. The summed E-state index contributed by atoms with van der Waals surface area (Å²) in [5.74, 6) is -0.416. The molecule has 0 saturated carbocycles. The van der Waals surface area contributed by atoms with Crippen LogP contribution in [0.5, 0.6) is 11.5 Å². The molecule has 6 nitrogen and oxygen atoms in total. The minimum Gasteiger partial charge on any atom is -0.493 e. The van der Waals surface area contributed by atoms with E-state index in [-0.39, 0.29) is 23.8 Å². The molecule has 1 N–H and O–H groups in total. The molecule has 0 fully saturated rings. The van der Waals surface area contributed by atoms with Crippen molar-refractivity contribution >= 4 is 24.6 Å². The number of hydrogen-bond acceptors (Lipinski definition) is 4. The Balaban J connectivity index is 2.42. The highest BCUT2D eigenvalue weighted by atomic mass is 19.4. The Kier molecular flexibility index (Phi) is 7.31. The van der Waals surface area contributed by atoms with Crippen molar-refractivity contribution in [3.05, 3.63) is 47.2 Å². The Morgan fingerprint density at radius 1 is 1.33 bits per heavy atom. The molecule has 0 saturated heterocycles. The number of rotatable bonds is 9. The molecule has 0 aliphatic carbocycles. The standard InChI is InChI=1S/C21H23F3N2O4/c1-13(2)12-29-18-6-5-17(30-21(22,23)24)10-16(18)11-26-8-7-15(19(26)25-4)9-14(3)20(27)28/h5-10,13H,4,11-12H2,1-3H3,(H,27,28)/b14-9+. The predicted molar refractivity (Wildman–Crippen MR) is 107 cm³/mol. The molecule has 1 heterocycles. The first kappa shape index (κ1) is 23.1. The number of benzene rings is 1. The topological polar surface area (TPSA) is 73.0 Å². The van der Waals surface area contributed by atoms with Crippen LogP contribution < -0.4 is 9.47 Å². The molecular weight excluding hydrogens is 401 g/mol. The zero-order valence-electron chi connectivity index (χ0n) is 16.9. The summed E-state index contributed by atoms with van der Waals surface area (Å²) in [4.78, 5) is 15.0. The Hall–Kier alpha value is -3.23. The predicted octanol–water partition coefficient (Wildman–Crippen LogP) is 5.29. The van der Waals surface area contributed by atoms with Gasteiger partial charge in [-0.1, -0.05) is 13.8 Å². The number of carbonyl (C=O) groups is 1. The van der Waals surface area contributed by atoms with Crippen LogP contribution in [0.15, 0.2) is 41.0 Å². The third kappa shape index (κ3) is 6.40. The van der Waals surface area contributed by atoms with Gasteiger partial charge in [-0.05, 0) is 49.9 Å². The number of hydrogen-bond donors (Lipinski definition) is 1. The maximum atomic E-state index is 12.6. The van der Waals surface area contributed by atoms with Crippen LogP contribution in [0.25, 0.3) is 6.08 Å². The number of carboxylic acids is 1. The van der Waals surface area contributed by atoms with E-state index in [1.807, 2.05) is 13.8 Å². The number of aliphatic carboxylic acids is 1. The molecule has 30 heavy (non-hydrogen) atoms. The number of halogens is 3. The fraction of sp³-hybridized carbons (Fsp3) is 0.333. The molecule has 0 aliphatic rings. The van der Waals surface area contributed by atoms with Crippen LogP contribution in [-0.4, -0.2) is 35.3 Å². The molecule has 0 spiro atoms. The third-order valence-corrected chi connectivity index (χ3v) is 4.00. The van der Waals surface area contributed by atoms with Gasteiger partial charge in [-0.15, -0.1) is 13.2 Å². The van der Waals surface area contributed by atoms with E-state index in [2.05, 4.69) is 16.4 Å². The molecule has 0 unspecified atom stereocenters. The second kappa shape index (κ2) is 9.51. The normalized spacial score (nSPS) is 12.2. The highest BCUT2D eigenvalue weighted by Crippen LogP contribution is 2.31. The second-order valence-corrected chi connectivity index (χ2v) is 7.04. The largest absolute Gasteiger partial charge is 0.573 e. The molecule has 0 atom stereocenters. The molecule has 0 bridgehead atoms. The van der Waals surface area contributed by atoms with Gasteiger partial charge in [0.15, 0.2) is 0 Å². The summed E-state index contributed by atoms with van der Waals surface area (Å²) in [6.45, 7) is 9.38. The number of ether oxygens (including phenoxy) is 2. The molecule has 1 aromatic heterocycles. The number of aromatic nitrogens is 1. The van der Waals surface area contributed by atoms with Crippen molar-refractivity contribution in [1.29, 1.82) is 0 Å². The van der Waals surface area contributed by atoms with Crippen molar-refractivity contribution in [3.63, 3.8) is 0 Å². The number of aliphatic imine (C=N–C) groups is 1.